The van der Waals surface area contributed by atoms with Crippen molar-refractivity contribution < 1.29 is 23.4 Å². The maximum absolute atomic E-state index is 14.6. The quantitative estimate of drug-likeness (QED) is 0.379. The second-order valence-electron chi connectivity index (χ2n) is 15.9. The molecule has 3 saturated heterocycles. The summed E-state index contributed by atoms with van der Waals surface area (Å²) in [4.78, 5) is 27.3. The first-order chi connectivity index (χ1) is 22.9. The number of carbonyl (C=O) groups excluding carboxylic acids is 1. The van der Waals surface area contributed by atoms with Crippen LogP contribution in [0.4, 0.5) is 20.7 Å². The summed E-state index contributed by atoms with van der Waals surface area (Å²) in [7, 11) is 0. The molecule has 1 aromatic carbocycles. The largest absolute Gasteiger partial charge is 0.461 e. The van der Waals surface area contributed by atoms with Crippen molar-refractivity contribution >= 4 is 17.6 Å². The Morgan fingerprint density at radius 1 is 1.15 bits per heavy atom. The molecule has 0 saturated carbocycles. The van der Waals surface area contributed by atoms with Crippen molar-refractivity contribution in [3.8, 4) is 12.1 Å². The van der Waals surface area contributed by atoms with Gasteiger partial charge in [-0.25, -0.2) is 9.18 Å². The zero-order valence-electron chi connectivity index (χ0n) is 28.9. The van der Waals surface area contributed by atoms with Crippen LogP contribution in [0.5, 0.6) is 6.01 Å². The minimum Gasteiger partial charge on any atom is -0.461 e. The van der Waals surface area contributed by atoms with Gasteiger partial charge < -0.3 is 19.1 Å². The molecule has 48 heavy (non-hydrogen) atoms. The lowest BCUT2D eigenvalue weighted by Gasteiger charge is -2.43. The van der Waals surface area contributed by atoms with Crippen LogP contribution in [0.25, 0.3) is 0 Å². The fraction of sp³-hybridized carbons (Fsp3) is 0.676. The number of alkyl halides is 1. The van der Waals surface area contributed by atoms with Gasteiger partial charge in [0, 0.05) is 43.7 Å². The molecule has 1 aliphatic carbocycles. The highest BCUT2D eigenvalue weighted by atomic mass is 19.1. The number of amides is 1. The van der Waals surface area contributed by atoms with Crippen LogP contribution in [-0.2, 0) is 34.5 Å². The minimum atomic E-state index is -0.835. The van der Waals surface area contributed by atoms with E-state index in [0.29, 0.717) is 50.8 Å². The Hall–Kier alpha value is -3.49. The first kappa shape index (κ1) is 33.0. The summed E-state index contributed by atoms with van der Waals surface area (Å²) in [5.74, 6) is 0.819. The zero-order chi connectivity index (χ0) is 33.7. The summed E-state index contributed by atoms with van der Waals surface area (Å²) in [5, 5.41) is 12.8. The SMILES string of the molecule is CC(C)(C)OC(=O)Nc1ccc2c(c1)[C@]1(CCC2)Cc2nc(OC[C@@]34CCCN3C[C@H](F)C4)nc(N3CCC[C@@](C)(C#N)CC3)c2CO1. The van der Waals surface area contributed by atoms with Gasteiger partial charge in [0.2, 0.25) is 0 Å². The summed E-state index contributed by atoms with van der Waals surface area (Å²) < 4.78 is 33.4. The molecule has 0 unspecified atom stereocenters. The first-order valence-corrected chi connectivity index (χ1v) is 17.7. The van der Waals surface area contributed by atoms with Crippen molar-refractivity contribution in [3.05, 3.63) is 40.6 Å². The smallest absolute Gasteiger partial charge is 0.412 e. The second kappa shape index (κ2) is 12.4. The lowest BCUT2D eigenvalue weighted by Crippen LogP contribution is -2.44. The van der Waals surface area contributed by atoms with Crippen molar-refractivity contribution in [1.82, 2.24) is 14.9 Å². The van der Waals surface area contributed by atoms with Crippen molar-refractivity contribution in [2.45, 2.75) is 121 Å². The highest BCUT2D eigenvalue weighted by Crippen LogP contribution is 2.47. The first-order valence-electron chi connectivity index (χ1n) is 17.7. The topological polar surface area (TPSA) is 113 Å². The molecular weight excluding hydrogens is 611 g/mol. The number of anilines is 2. The standard InChI is InChI=1S/C37H49FN6O4/c1-34(2,3)48-33(45)40-27-10-9-25-8-5-13-37(29(25)18-27)20-30-28(22-47-37)31(43-15-6-11-35(4,23-39)14-17-43)42-32(41-30)46-24-36-12-7-16-44(36)21-26(38)19-36/h9-10,18,26H,5-8,11-17,19-22,24H2,1-4H3,(H,40,45)/t26-,35-,36+,37+/m1/s1. The van der Waals surface area contributed by atoms with Gasteiger partial charge in [0.25, 0.3) is 0 Å². The number of nitrogens with zero attached hydrogens (tertiary/aromatic N) is 5. The molecule has 4 atom stereocenters. The summed E-state index contributed by atoms with van der Waals surface area (Å²) in [6, 6.07) is 8.90. The molecule has 1 amide bonds. The van der Waals surface area contributed by atoms with Gasteiger partial charge >= 0.3 is 12.1 Å². The molecule has 5 heterocycles. The number of ether oxygens (including phenoxy) is 3. The van der Waals surface area contributed by atoms with Crippen LogP contribution in [0.15, 0.2) is 18.2 Å². The maximum atomic E-state index is 14.6. The van der Waals surface area contributed by atoms with Gasteiger partial charge in [-0.15, -0.1) is 0 Å². The van der Waals surface area contributed by atoms with Crippen LogP contribution >= 0.6 is 0 Å². The Morgan fingerprint density at radius 3 is 2.79 bits per heavy atom. The monoisotopic (exact) mass is 660 g/mol. The number of hydrogen-bond donors (Lipinski definition) is 1. The van der Waals surface area contributed by atoms with E-state index < -0.39 is 23.5 Å². The van der Waals surface area contributed by atoms with Crippen LogP contribution in [0.1, 0.15) is 101 Å². The number of nitriles is 1. The Bertz CT molecular complexity index is 1610. The number of aromatic nitrogens is 2. The van der Waals surface area contributed by atoms with E-state index in [2.05, 4.69) is 27.3 Å². The molecule has 10 nitrogen and oxygen atoms in total. The van der Waals surface area contributed by atoms with Crippen LogP contribution in [0, 0.1) is 16.7 Å². The molecule has 1 N–H and O–H groups in total. The molecular formula is C37H49FN6O4. The fourth-order valence-corrected chi connectivity index (χ4v) is 8.65. The molecule has 4 aliphatic heterocycles. The number of halogens is 1. The lowest BCUT2D eigenvalue weighted by atomic mass is 9.74. The molecule has 5 aliphatic rings. The Labute approximate surface area is 283 Å². The van der Waals surface area contributed by atoms with Gasteiger partial charge in [0.1, 0.15) is 24.2 Å². The van der Waals surface area contributed by atoms with E-state index in [1.165, 1.54) is 5.56 Å². The van der Waals surface area contributed by atoms with E-state index in [-0.39, 0.29) is 11.0 Å². The van der Waals surface area contributed by atoms with Gasteiger partial charge in [-0.2, -0.15) is 15.2 Å². The molecule has 258 valence electrons. The average Bonchev–Trinajstić information content (AvgIpc) is 3.48. The number of aryl methyl sites for hydroxylation is 1. The minimum absolute atomic E-state index is 0.305. The predicted molar refractivity (Wildman–Crippen MR) is 180 cm³/mol. The number of nitrogens with one attached hydrogen (secondary N) is 1. The van der Waals surface area contributed by atoms with Crippen molar-refractivity contribution in [3.63, 3.8) is 0 Å². The molecule has 3 fully saturated rings. The Balaban J connectivity index is 1.21. The molecule has 0 radical (unpaired) electrons. The predicted octanol–water partition coefficient (Wildman–Crippen LogP) is 6.60. The van der Waals surface area contributed by atoms with Crippen molar-refractivity contribution in [1.29, 1.82) is 5.26 Å². The number of hydrogen-bond acceptors (Lipinski definition) is 9. The molecule has 11 heteroatoms. The lowest BCUT2D eigenvalue weighted by molar-refractivity contribution is -0.0855. The second-order valence-corrected chi connectivity index (χ2v) is 15.9. The van der Waals surface area contributed by atoms with Gasteiger partial charge in [-0.1, -0.05) is 6.07 Å². The van der Waals surface area contributed by atoms with Crippen LogP contribution in [-0.4, -0.2) is 71.1 Å². The molecule has 7 rings (SSSR count). The molecule has 1 spiro atoms. The molecule has 1 aromatic heterocycles. The zero-order valence-corrected chi connectivity index (χ0v) is 28.9. The van der Waals surface area contributed by atoms with Crippen LogP contribution in [0.2, 0.25) is 0 Å². The number of carbonyl (C=O) groups is 1. The summed E-state index contributed by atoms with van der Waals surface area (Å²) >= 11 is 0. The van der Waals surface area contributed by atoms with Crippen LogP contribution in [0.3, 0.4) is 0 Å². The fourth-order valence-electron chi connectivity index (χ4n) is 8.65. The van der Waals surface area contributed by atoms with Gasteiger partial charge in [-0.05, 0) is 109 Å². The molecule has 0 bridgehead atoms. The summed E-state index contributed by atoms with van der Waals surface area (Å²) in [5.41, 5.74) is 2.92. The van der Waals surface area contributed by atoms with E-state index >= 15 is 0 Å². The number of benzene rings is 1. The summed E-state index contributed by atoms with van der Waals surface area (Å²) in [6.45, 7) is 11.2. The third kappa shape index (κ3) is 6.46. The number of fused-ring (bicyclic) bond motifs is 4. The Kier molecular flexibility index (Phi) is 8.56. The molecule has 2 aromatic rings. The van der Waals surface area contributed by atoms with Gasteiger partial charge in [0.05, 0.1) is 34.9 Å². The van der Waals surface area contributed by atoms with E-state index in [1.54, 1.807) is 0 Å². The highest BCUT2D eigenvalue weighted by Gasteiger charge is 2.50. The van der Waals surface area contributed by atoms with Crippen molar-refractivity contribution in [2.75, 3.05) is 43.0 Å². The Morgan fingerprint density at radius 2 is 1.98 bits per heavy atom. The van der Waals surface area contributed by atoms with Crippen molar-refractivity contribution in [2.24, 2.45) is 5.41 Å². The van der Waals surface area contributed by atoms with E-state index in [1.807, 2.05) is 39.8 Å². The van der Waals surface area contributed by atoms with Crippen LogP contribution < -0.4 is 15.0 Å². The maximum Gasteiger partial charge on any atom is 0.412 e. The van der Waals surface area contributed by atoms with E-state index in [0.717, 1.165) is 87.1 Å². The third-order valence-corrected chi connectivity index (χ3v) is 11.2. The third-order valence-electron chi connectivity index (χ3n) is 11.2. The van der Waals surface area contributed by atoms with E-state index in [9.17, 15) is 14.4 Å². The summed E-state index contributed by atoms with van der Waals surface area (Å²) in [6.07, 6.45) is 6.88. The van der Waals surface area contributed by atoms with E-state index in [4.69, 9.17) is 24.2 Å². The number of rotatable bonds is 5. The highest BCUT2D eigenvalue weighted by molar-refractivity contribution is 5.85. The average molecular weight is 661 g/mol. The normalized spacial score (nSPS) is 30.2. The van der Waals surface area contributed by atoms with Gasteiger partial charge in [0.15, 0.2) is 0 Å². The van der Waals surface area contributed by atoms with Gasteiger partial charge in [-0.3, -0.25) is 10.2 Å².